The lowest BCUT2D eigenvalue weighted by molar-refractivity contribution is -0.159. The van der Waals surface area contributed by atoms with Crippen LogP contribution in [0.3, 0.4) is 0 Å². The number of carbonyl (C=O) groups is 2. The largest absolute Gasteiger partial charge is 0.490 e. The molecular weight excluding hydrogens is 476 g/mol. The Hall–Kier alpha value is -2.97. The maximum atomic E-state index is 9.10. The highest BCUT2D eigenvalue weighted by molar-refractivity contribution is 7.99. The van der Waals surface area contributed by atoms with Crippen LogP contribution in [0.25, 0.3) is 10.9 Å². The zero-order valence-electron chi connectivity index (χ0n) is 20.8. The summed E-state index contributed by atoms with van der Waals surface area (Å²) in [5, 5.41) is 16.2. The van der Waals surface area contributed by atoms with E-state index in [1.165, 1.54) is 65.0 Å². The van der Waals surface area contributed by atoms with Gasteiger partial charge in [-0.3, -0.25) is 0 Å². The molecule has 192 valence electrons. The maximum absolute atomic E-state index is 9.10. The summed E-state index contributed by atoms with van der Waals surface area (Å²) in [5.74, 6) is -1.98. The zero-order chi connectivity index (χ0) is 25.7. The molecule has 3 N–H and O–H groups in total. The van der Waals surface area contributed by atoms with Crippen LogP contribution >= 0.6 is 11.8 Å². The van der Waals surface area contributed by atoms with E-state index in [9.17, 15) is 0 Å². The van der Waals surface area contributed by atoms with Crippen LogP contribution in [0.4, 0.5) is 0 Å². The Morgan fingerprint density at radius 2 is 1.92 bits per heavy atom. The van der Waals surface area contributed by atoms with Crippen molar-refractivity contribution in [3.05, 3.63) is 54.2 Å². The molecule has 3 atom stereocenters. The van der Waals surface area contributed by atoms with Crippen LogP contribution in [0.2, 0.25) is 0 Å². The van der Waals surface area contributed by atoms with Crippen molar-refractivity contribution in [1.82, 2.24) is 9.88 Å². The minimum atomic E-state index is -1.82. The van der Waals surface area contributed by atoms with E-state index in [2.05, 4.69) is 72.4 Å². The molecule has 0 aliphatic carbocycles. The van der Waals surface area contributed by atoms with E-state index in [1.54, 1.807) is 0 Å². The van der Waals surface area contributed by atoms with Gasteiger partial charge in [0.05, 0.1) is 11.0 Å². The van der Waals surface area contributed by atoms with E-state index in [-0.39, 0.29) is 6.10 Å². The number of hydrogen-bond acceptors (Lipinski definition) is 5. The van der Waals surface area contributed by atoms with Crippen LogP contribution in [0.1, 0.15) is 57.4 Å². The SMILES string of the molecule is CCC(C)Oc1ccccc1Sc1ccc2[nH]cc(C3CCN4CCCC4C3)c2c1.O=C(O)C(=O)O. The van der Waals surface area contributed by atoms with E-state index in [4.69, 9.17) is 24.5 Å². The molecule has 8 heteroatoms. The van der Waals surface area contributed by atoms with E-state index in [1.807, 2.05) is 11.8 Å². The predicted octanol–water partition coefficient (Wildman–Crippen LogP) is 5.99. The van der Waals surface area contributed by atoms with Crippen molar-refractivity contribution in [2.75, 3.05) is 13.1 Å². The molecule has 0 saturated carbocycles. The fourth-order valence-corrected chi connectivity index (χ4v) is 6.02. The van der Waals surface area contributed by atoms with E-state index < -0.39 is 11.9 Å². The third-order valence-electron chi connectivity index (χ3n) is 7.11. The first-order chi connectivity index (χ1) is 17.4. The van der Waals surface area contributed by atoms with Crippen molar-refractivity contribution in [3.8, 4) is 5.75 Å². The second kappa shape index (κ2) is 11.8. The quantitative estimate of drug-likeness (QED) is 0.350. The van der Waals surface area contributed by atoms with E-state index in [0.29, 0.717) is 5.92 Å². The fourth-order valence-electron chi connectivity index (χ4n) is 5.09. The van der Waals surface area contributed by atoms with Crippen LogP contribution in [0.15, 0.2) is 58.5 Å². The van der Waals surface area contributed by atoms with Crippen molar-refractivity contribution >= 4 is 34.6 Å². The Morgan fingerprint density at radius 1 is 1.14 bits per heavy atom. The highest BCUT2D eigenvalue weighted by Gasteiger charge is 2.33. The van der Waals surface area contributed by atoms with Gasteiger partial charge in [-0.25, -0.2) is 9.59 Å². The smallest absolute Gasteiger partial charge is 0.414 e. The van der Waals surface area contributed by atoms with Gasteiger partial charge in [0.1, 0.15) is 5.75 Å². The maximum Gasteiger partial charge on any atom is 0.414 e. The van der Waals surface area contributed by atoms with Crippen LogP contribution in [-0.4, -0.2) is 57.3 Å². The van der Waals surface area contributed by atoms with Crippen molar-refractivity contribution in [2.24, 2.45) is 0 Å². The van der Waals surface area contributed by atoms with Crippen LogP contribution < -0.4 is 4.74 Å². The molecule has 3 aromatic rings. The number of H-pyrrole nitrogens is 1. The first-order valence-corrected chi connectivity index (χ1v) is 13.4. The molecule has 3 unspecified atom stereocenters. The minimum absolute atomic E-state index is 0.229. The summed E-state index contributed by atoms with van der Waals surface area (Å²) in [6.45, 7) is 6.87. The van der Waals surface area contributed by atoms with Crippen LogP contribution in [0, 0.1) is 0 Å². The Balaban J connectivity index is 0.000000455. The molecule has 0 amide bonds. The van der Waals surface area contributed by atoms with Gasteiger partial charge in [-0.1, -0.05) is 30.8 Å². The number of carboxylic acid groups (broad SMARTS) is 2. The number of aliphatic carboxylic acids is 2. The number of aromatic nitrogens is 1. The molecule has 2 saturated heterocycles. The van der Waals surface area contributed by atoms with Crippen LogP contribution in [-0.2, 0) is 9.59 Å². The highest BCUT2D eigenvalue weighted by Crippen LogP contribution is 2.41. The van der Waals surface area contributed by atoms with Gasteiger partial charge in [-0.15, -0.1) is 0 Å². The summed E-state index contributed by atoms with van der Waals surface area (Å²) in [4.78, 5) is 26.9. The average Bonchev–Trinajstić information content (AvgIpc) is 3.51. The van der Waals surface area contributed by atoms with Gasteiger partial charge in [0.15, 0.2) is 0 Å². The van der Waals surface area contributed by atoms with Gasteiger partial charge in [0, 0.05) is 28.0 Å². The van der Waals surface area contributed by atoms with Gasteiger partial charge < -0.3 is 24.8 Å². The molecule has 2 aliphatic rings. The lowest BCUT2D eigenvalue weighted by Gasteiger charge is -2.34. The number of nitrogens with one attached hydrogen (secondary N) is 1. The zero-order valence-corrected chi connectivity index (χ0v) is 21.6. The molecule has 2 fully saturated rings. The Bertz CT molecular complexity index is 1200. The number of ether oxygens (including phenoxy) is 1. The van der Waals surface area contributed by atoms with Crippen molar-refractivity contribution in [1.29, 1.82) is 0 Å². The molecule has 0 radical (unpaired) electrons. The average molecular weight is 511 g/mol. The van der Waals surface area contributed by atoms with Gasteiger partial charge in [-0.2, -0.15) is 0 Å². The van der Waals surface area contributed by atoms with Crippen molar-refractivity contribution in [3.63, 3.8) is 0 Å². The number of nitrogens with zero attached hydrogens (tertiary/aromatic N) is 1. The Kier molecular flexibility index (Phi) is 8.59. The number of rotatable bonds is 6. The van der Waals surface area contributed by atoms with Crippen molar-refractivity contribution < 1.29 is 24.5 Å². The van der Waals surface area contributed by atoms with Gasteiger partial charge in [0.2, 0.25) is 0 Å². The molecule has 5 rings (SSSR count). The minimum Gasteiger partial charge on any atom is -0.490 e. The summed E-state index contributed by atoms with van der Waals surface area (Å²) in [7, 11) is 0. The Labute approximate surface area is 215 Å². The van der Waals surface area contributed by atoms with Crippen LogP contribution in [0.5, 0.6) is 5.75 Å². The lowest BCUT2D eigenvalue weighted by atomic mass is 9.85. The second-order valence-electron chi connectivity index (χ2n) is 9.50. The highest BCUT2D eigenvalue weighted by atomic mass is 32.2. The molecule has 2 aromatic carbocycles. The summed E-state index contributed by atoms with van der Waals surface area (Å²) >= 11 is 1.81. The molecule has 7 nitrogen and oxygen atoms in total. The summed E-state index contributed by atoms with van der Waals surface area (Å²) in [5.41, 5.74) is 2.77. The second-order valence-corrected chi connectivity index (χ2v) is 10.6. The molecule has 3 heterocycles. The van der Waals surface area contributed by atoms with Gasteiger partial charge in [0.25, 0.3) is 0 Å². The topological polar surface area (TPSA) is 103 Å². The normalized spacial score (nSPS) is 20.3. The molecule has 2 aliphatic heterocycles. The van der Waals surface area contributed by atoms with Crippen molar-refractivity contribution in [2.45, 2.75) is 73.8 Å². The number of para-hydroxylation sites is 1. The van der Waals surface area contributed by atoms with E-state index >= 15 is 0 Å². The monoisotopic (exact) mass is 510 g/mol. The number of hydrogen-bond donors (Lipinski definition) is 3. The standard InChI is InChI=1S/C26H32N2OS.C2H2O4/c1-3-18(2)29-25-8-4-5-9-26(25)30-21-10-11-24-22(16-21)23(17-27-24)19-12-14-28-13-6-7-20(28)15-19;3-1(4)2(5)6/h4-5,8-11,16-20,27H,3,6-7,12-15H2,1-2H3;(H,3,4)(H,5,6). The number of benzene rings is 2. The molecule has 0 spiro atoms. The van der Waals surface area contributed by atoms with E-state index in [0.717, 1.165) is 18.2 Å². The number of fused-ring (bicyclic) bond motifs is 2. The lowest BCUT2D eigenvalue weighted by Crippen LogP contribution is -2.37. The number of carboxylic acids is 2. The van der Waals surface area contributed by atoms with Gasteiger partial charge in [-0.05, 0) is 93.9 Å². The number of piperidine rings is 1. The Morgan fingerprint density at radius 3 is 2.67 bits per heavy atom. The fraction of sp³-hybridized carbons (Fsp3) is 0.429. The third kappa shape index (κ3) is 6.23. The summed E-state index contributed by atoms with van der Waals surface area (Å²) in [6.07, 6.45) is 8.87. The summed E-state index contributed by atoms with van der Waals surface area (Å²) in [6, 6.07) is 16.1. The molecule has 0 bridgehead atoms. The molecule has 1 aromatic heterocycles. The third-order valence-corrected chi connectivity index (χ3v) is 8.16. The first-order valence-electron chi connectivity index (χ1n) is 12.6. The number of aromatic amines is 1. The summed E-state index contributed by atoms with van der Waals surface area (Å²) < 4.78 is 6.17. The first kappa shape index (κ1) is 26.1. The molecular formula is C28H34N2O5S. The van der Waals surface area contributed by atoms with Gasteiger partial charge >= 0.3 is 11.9 Å². The molecule has 36 heavy (non-hydrogen) atoms. The predicted molar refractivity (Wildman–Crippen MR) is 141 cm³/mol.